The summed E-state index contributed by atoms with van der Waals surface area (Å²) >= 11 is 0. The average molecular weight is 214 g/mol. The average Bonchev–Trinajstić information content (AvgIpc) is 2.74. The number of carbonyl (C=O) groups is 1. The molecule has 2 rings (SSSR count). The van der Waals surface area contributed by atoms with Crippen LogP contribution in [0.15, 0.2) is 36.7 Å². The van der Waals surface area contributed by atoms with Gasteiger partial charge in [-0.15, -0.1) is 0 Å². The van der Waals surface area contributed by atoms with Gasteiger partial charge in [0.25, 0.3) is 0 Å². The molecule has 0 atom stereocenters. The molecule has 0 amide bonds. The first-order chi connectivity index (χ1) is 7.72. The largest absolute Gasteiger partial charge is 0.304 e. The first-order valence-electron chi connectivity index (χ1n) is 5.36. The molecule has 82 valence electrons. The molecule has 0 saturated carbocycles. The van der Waals surface area contributed by atoms with Crippen molar-refractivity contribution in [2.24, 2.45) is 0 Å². The van der Waals surface area contributed by atoms with Gasteiger partial charge >= 0.3 is 0 Å². The van der Waals surface area contributed by atoms with Crippen molar-refractivity contribution in [3.8, 4) is 5.69 Å². The number of ketones is 1. The zero-order chi connectivity index (χ0) is 11.5. The van der Waals surface area contributed by atoms with E-state index in [1.807, 2.05) is 48.9 Å². The first kappa shape index (κ1) is 10.6. The van der Waals surface area contributed by atoms with E-state index in [1.165, 1.54) is 0 Å². The second kappa shape index (κ2) is 4.31. The highest BCUT2D eigenvalue weighted by molar-refractivity contribution is 5.96. The lowest BCUT2D eigenvalue weighted by Gasteiger charge is -2.06. The minimum absolute atomic E-state index is 0.166. The lowest BCUT2D eigenvalue weighted by molar-refractivity contribution is 0.0988. The Bertz CT molecular complexity index is 514. The smallest absolute Gasteiger partial charge is 0.162 e. The molecular formula is C13H14N2O. The third-order valence-electron chi connectivity index (χ3n) is 2.59. The van der Waals surface area contributed by atoms with Crippen LogP contribution in [-0.4, -0.2) is 15.3 Å². The van der Waals surface area contributed by atoms with Gasteiger partial charge in [-0.05, 0) is 19.1 Å². The summed E-state index contributed by atoms with van der Waals surface area (Å²) < 4.78 is 1.96. The summed E-state index contributed by atoms with van der Waals surface area (Å²) in [5.41, 5.74) is 1.74. The third kappa shape index (κ3) is 1.89. The van der Waals surface area contributed by atoms with E-state index < -0.39 is 0 Å². The molecule has 0 fully saturated rings. The highest BCUT2D eigenvalue weighted by atomic mass is 16.1. The summed E-state index contributed by atoms with van der Waals surface area (Å²) in [5.74, 6) is 1.08. The van der Waals surface area contributed by atoms with Gasteiger partial charge in [-0.3, -0.25) is 4.79 Å². The van der Waals surface area contributed by atoms with Crippen LogP contribution in [0.4, 0.5) is 0 Å². The molecule has 0 saturated heterocycles. The standard InChI is InChI=1S/C13H14N2O/c1-3-13(16)11-5-4-6-12(9-11)15-8-7-14-10(15)2/h4-9H,3H2,1-2H3. The maximum absolute atomic E-state index is 11.6. The highest BCUT2D eigenvalue weighted by Crippen LogP contribution is 2.13. The number of Topliss-reactive ketones (excluding diaryl/α,β-unsaturated/α-hetero) is 1. The fourth-order valence-corrected chi connectivity index (χ4v) is 1.68. The summed E-state index contributed by atoms with van der Waals surface area (Å²) in [4.78, 5) is 15.8. The minimum Gasteiger partial charge on any atom is -0.304 e. The van der Waals surface area contributed by atoms with Crippen molar-refractivity contribution in [1.82, 2.24) is 9.55 Å². The fourth-order valence-electron chi connectivity index (χ4n) is 1.68. The zero-order valence-corrected chi connectivity index (χ0v) is 9.47. The van der Waals surface area contributed by atoms with Gasteiger partial charge in [0.1, 0.15) is 5.82 Å². The topological polar surface area (TPSA) is 34.9 Å². The van der Waals surface area contributed by atoms with Crippen LogP contribution >= 0.6 is 0 Å². The Morgan fingerprint density at radius 1 is 1.44 bits per heavy atom. The summed E-state index contributed by atoms with van der Waals surface area (Å²) in [6, 6.07) is 7.63. The van der Waals surface area contributed by atoms with Gasteiger partial charge in [0.15, 0.2) is 5.78 Å². The van der Waals surface area contributed by atoms with E-state index in [0.717, 1.165) is 17.1 Å². The van der Waals surface area contributed by atoms with E-state index in [1.54, 1.807) is 6.20 Å². The number of hydrogen-bond donors (Lipinski definition) is 0. The summed E-state index contributed by atoms with van der Waals surface area (Å²) in [6.45, 7) is 3.81. The van der Waals surface area contributed by atoms with Gasteiger partial charge in [0.05, 0.1) is 0 Å². The van der Waals surface area contributed by atoms with Crippen LogP contribution in [0.3, 0.4) is 0 Å². The van der Waals surface area contributed by atoms with E-state index in [0.29, 0.717) is 6.42 Å². The van der Waals surface area contributed by atoms with Gasteiger partial charge in [-0.2, -0.15) is 0 Å². The van der Waals surface area contributed by atoms with Crippen molar-refractivity contribution in [3.63, 3.8) is 0 Å². The molecule has 3 nitrogen and oxygen atoms in total. The Hall–Kier alpha value is -1.90. The van der Waals surface area contributed by atoms with E-state index in [-0.39, 0.29) is 5.78 Å². The molecule has 3 heteroatoms. The van der Waals surface area contributed by atoms with Crippen LogP contribution < -0.4 is 0 Å². The molecule has 0 bridgehead atoms. The maximum atomic E-state index is 11.6. The summed E-state index contributed by atoms with van der Waals surface area (Å²) in [5, 5.41) is 0. The Labute approximate surface area is 94.7 Å². The number of rotatable bonds is 3. The Balaban J connectivity index is 2.44. The maximum Gasteiger partial charge on any atom is 0.162 e. The molecule has 0 spiro atoms. The Kier molecular flexibility index (Phi) is 2.86. The van der Waals surface area contributed by atoms with Crippen molar-refractivity contribution >= 4 is 5.78 Å². The monoisotopic (exact) mass is 214 g/mol. The lowest BCUT2D eigenvalue weighted by atomic mass is 10.1. The number of aromatic nitrogens is 2. The molecule has 0 radical (unpaired) electrons. The SMILES string of the molecule is CCC(=O)c1cccc(-n2ccnc2C)c1. The Morgan fingerprint density at radius 2 is 2.25 bits per heavy atom. The minimum atomic E-state index is 0.166. The molecule has 2 aromatic rings. The molecule has 0 aliphatic rings. The number of hydrogen-bond acceptors (Lipinski definition) is 2. The van der Waals surface area contributed by atoms with E-state index in [9.17, 15) is 4.79 Å². The lowest BCUT2D eigenvalue weighted by Crippen LogP contribution is -2.00. The number of carbonyl (C=O) groups excluding carboxylic acids is 1. The van der Waals surface area contributed by atoms with Crippen molar-refractivity contribution in [3.05, 3.63) is 48.0 Å². The third-order valence-corrected chi connectivity index (χ3v) is 2.59. The Morgan fingerprint density at radius 3 is 2.88 bits per heavy atom. The van der Waals surface area contributed by atoms with Gasteiger partial charge in [0, 0.05) is 30.1 Å². The van der Waals surface area contributed by atoms with Crippen molar-refractivity contribution < 1.29 is 4.79 Å². The summed E-state index contributed by atoms with van der Waals surface area (Å²) in [7, 11) is 0. The van der Waals surface area contributed by atoms with Crippen molar-refractivity contribution in [1.29, 1.82) is 0 Å². The van der Waals surface area contributed by atoms with Crippen molar-refractivity contribution in [2.45, 2.75) is 20.3 Å². The molecule has 0 N–H and O–H groups in total. The van der Waals surface area contributed by atoms with Crippen molar-refractivity contribution in [2.75, 3.05) is 0 Å². The molecule has 0 unspecified atom stereocenters. The van der Waals surface area contributed by atoms with Crippen LogP contribution in [0.5, 0.6) is 0 Å². The molecule has 16 heavy (non-hydrogen) atoms. The van der Waals surface area contributed by atoms with Gasteiger partial charge in [0.2, 0.25) is 0 Å². The normalized spacial score (nSPS) is 10.4. The van der Waals surface area contributed by atoms with Crippen LogP contribution in [-0.2, 0) is 0 Å². The number of nitrogens with zero attached hydrogens (tertiary/aromatic N) is 2. The number of benzene rings is 1. The molecule has 1 heterocycles. The fraction of sp³-hybridized carbons (Fsp3) is 0.231. The number of aryl methyl sites for hydroxylation is 1. The van der Waals surface area contributed by atoms with Crippen LogP contribution in [0.1, 0.15) is 29.5 Å². The van der Waals surface area contributed by atoms with Gasteiger partial charge in [-0.25, -0.2) is 4.98 Å². The second-order valence-electron chi connectivity index (χ2n) is 3.67. The second-order valence-corrected chi connectivity index (χ2v) is 3.67. The van der Waals surface area contributed by atoms with Crippen LogP contribution in [0.2, 0.25) is 0 Å². The highest BCUT2D eigenvalue weighted by Gasteiger charge is 2.05. The van der Waals surface area contributed by atoms with E-state index >= 15 is 0 Å². The zero-order valence-electron chi connectivity index (χ0n) is 9.47. The first-order valence-corrected chi connectivity index (χ1v) is 5.36. The van der Waals surface area contributed by atoms with Crippen LogP contribution in [0, 0.1) is 6.92 Å². The van der Waals surface area contributed by atoms with Gasteiger partial charge < -0.3 is 4.57 Å². The summed E-state index contributed by atoms with van der Waals surface area (Å²) in [6.07, 6.45) is 4.18. The molecule has 0 aliphatic carbocycles. The van der Waals surface area contributed by atoms with E-state index in [4.69, 9.17) is 0 Å². The quantitative estimate of drug-likeness (QED) is 0.736. The molecule has 1 aromatic carbocycles. The van der Waals surface area contributed by atoms with Gasteiger partial charge in [-0.1, -0.05) is 19.1 Å². The predicted molar refractivity (Wildman–Crippen MR) is 62.9 cm³/mol. The van der Waals surface area contributed by atoms with E-state index in [2.05, 4.69) is 4.98 Å². The molecular weight excluding hydrogens is 200 g/mol. The molecule has 0 aliphatic heterocycles. The molecule has 1 aromatic heterocycles. The predicted octanol–water partition coefficient (Wildman–Crippen LogP) is 2.77. The van der Waals surface area contributed by atoms with Crippen LogP contribution in [0.25, 0.3) is 5.69 Å². The number of imidazole rings is 1.